The molecular formula is C16H32Si. The summed E-state index contributed by atoms with van der Waals surface area (Å²) >= 11 is 0. The van der Waals surface area contributed by atoms with Gasteiger partial charge in [-0.25, -0.2) is 0 Å². The van der Waals surface area contributed by atoms with E-state index in [9.17, 15) is 0 Å². The SMILES string of the molecule is CC[Si](CC)(CC)C/C=C(\C)CCC=C(C)C. The molecule has 0 amide bonds. The molecule has 0 saturated carbocycles. The van der Waals surface area contributed by atoms with E-state index in [0.717, 1.165) is 0 Å². The largest absolute Gasteiger partial charge is 0.0882 e. The molecule has 0 bridgehead atoms. The van der Waals surface area contributed by atoms with Crippen LogP contribution in [0.4, 0.5) is 0 Å². The lowest BCUT2D eigenvalue weighted by Crippen LogP contribution is -2.30. The third kappa shape index (κ3) is 6.87. The van der Waals surface area contributed by atoms with Crippen LogP contribution < -0.4 is 0 Å². The quantitative estimate of drug-likeness (QED) is 0.357. The summed E-state index contributed by atoms with van der Waals surface area (Å²) in [6, 6.07) is 5.73. The second-order valence-corrected chi connectivity index (χ2v) is 11.2. The topological polar surface area (TPSA) is 0 Å². The van der Waals surface area contributed by atoms with Crippen molar-refractivity contribution in [2.75, 3.05) is 0 Å². The molecule has 0 aliphatic rings. The zero-order valence-electron chi connectivity index (χ0n) is 12.9. The highest BCUT2D eigenvalue weighted by Gasteiger charge is 2.24. The molecule has 0 aliphatic carbocycles. The van der Waals surface area contributed by atoms with Crippen LogP contribution in [0.5, 0.6) is 0 Å². The molecule has 0 saturated heterocycles. The summed E-state index contributed by atoms with van der Waals surface area (Å²) in [6.45, 7) is 13.9. The van der Waals surface area contributed by atoms with Crippen molar-refractivity contribution in [3.05, 3.63) is 23.3 Å². The van der Waals surface area contributed by atoms with Crippen molar-refractivity contribution < 1.29 is 0 Å². The highest BCUT2D eigenvalue weighted by molar-refractivity contribution is 6.80. The monoisotopic (exact) mass is 252 g/mol. The van der Waals surface area contributed by atoms with E-state index < -0.39 is 8.07 Å². The average molecular weight is 253 g/mol. The van der Waals surface area contributed by atoms with Crippen LogP contribution in [0.1, 0.15) is 54.4 Å². The Hall–Kier alpha value is -0.303. The van der Waals surface area contributed by atoms with Gasteiger partial charge < -0.3 is 0 Å². The fraction of sp³-hybridized carbons (Fsp3) is 0.750. The minimum atomic E-state index is -0.933. The standard InChI is InChI=1S/C16H32Si/c1-7-17(8-2,9-3)14-13-16(6)12-10-11-15(4)5/h11,13H,7-10,12,14H2,1-6H3/b16-13+. The van der Waals surface area contributed by atoms with Crippen LogP contribution in [0.2, 0.25) is 24.2 Å². The zero-order valence-corrected chi connectivity index (χ0v) is 13.9. The highest BCUT2D eigenvalue weighted by atomic mass is 28.3. The van der Waals surface area contributed by atoms with Gasteiger partial charge in [0.1, 0.15) is 0 Å². The van der Waals surface area contributed by atoms with Gasteiger partial charge in [-0.15, -0.1) is 0 Å². The third-order valence-corrected chi connectivity index (χ3v) is 9.79. The summed E-state index contributed by atoms with van der Waals surface area (Å²) in [5.74, 6) is 0. The molecule has 0 aromatic carbocycles. The maximum atomic E-state index is 2.54. The third-order valence-electron chi connectivity index (χ3n) is 4.22. The van der Waals surface area contributed by atoms with Gasteiger partial charge in [0, 0.05) is 0 Å². The Bertz CT molecular complexity index is 244. The van der Waals surface area contributed by atoms with E-state index in [0.29, 0.717) is 0 Å². The van der Waals surface area contributed by atoms with Gasteiger partial charge in [0.05, 0.1) is 8.07 Å². The molecule has 1 heteroatoms. The van der Waals surface area contributed by atoms with E-state index in [1.807, 2.05) is 0 Å². The molecule has 0 heterocycles. The first-order valence-electron chi connectivity index (χ1n) is 7.28. The summed E-state index contributed by atoms with van der Waals surface area (Å²) in [4.78, 5) is 0. The van der Waals surface area contributed by atoms with Crippen LogP contribution in [0, 0.1) is 0 Å². The summed E-state index contributed by atoms with van der Waals surface area (Å²) in [5, 5.41) is 0. The lowest BCUT2D eigenvalue weighted by molar-refractivity contribution is 0.960. The summed E-state index contributed by atoms with van der Waals surface area (Å²) < 4.78 is 0. The fourth-order valence-electron chi connectivity index (χ4n) is 2.26. The van der Waals surface area contributed by atoms with E-state index in [1.165, 1.54) is 42.6 Å². The van der Waals surface area contributed by atoms with Crippen LogP contribution in [-0.4, -0.2) is 8.07 Å². The molecule has 0 rings (SSSR count). The second kappa shape index (κ2) is 8.74. The van der Waals surface area contributed by atoms with Gasteiger partial charge in [-0.2, -0.15) is 0 Å². The lowest BCUT2D eigenvalue weighted by Gasteiger charge is -2.26. The Morgan fingerprint density at radius 3 is 1.82 bits per heavy atom. The molecule has 0 unspecified atom stereocenters. The molecule has 0 aromatic rings. The first kappa shape index (κ1) is 16.7. The molecule has 17 heavy (non-hydrogen) atoms. The fourth-order valence-corrected chi connectivity index (χ4v) is 5.41. The number of hydrogen-bond acceptors (Lipinski definition) is 0. The highest BCUT2D eigenvalue weighted by Crippen LogP contribution is 2.26. The van der Waals surface area contributed by atoms with Gasteiger partial charge >= 0.3 is 0 Å². The molecule has 0 spiro atoms. The Morgan fingerprint density at radius 2 is 1.41 bits per heavy atom. The molecule has 0 aliphatic heterocycles. The average Bonchev–Trinajstić information content (AvgIpc) is 2.31. The van der Waals surface area contributed by atoms with Crippen LogP contribution in [-0.2, 0) is 0 Å². The minimum Gasteiger partial charge on any atom is -0.0882 e. The molecule has 100 valence electrons. The van der Waals surface area contributed by atoms with Crippen molar-refractivity contribution in [2.45, 2.75) is 78.6 Å². The van der Waals surface area contributed by atoms with Crippen molar-refractivity contribution >= 4 is 8.07 Å². The molecule has 0 N–H and O–H groups in total. The van der Waals surface area contributed by atoms with Crippen molar-refractivity contribution in [2.24, 2.45) is 0 Å². The van der Waals surface area contributed by atoms with Crippen molar-refractivity contribution in [3.8, 4) is 0 Å². The summed E-state index contributed by atoms with van der Waals surface area (Å²) in [5.41, 5.74) is 3.03. The van der Waals surface area contributed by atoms with E-state index in [-0.39, 0.29) is 0 Å². The van der Waals surface area contributed by atoms with E-state index in [2.05, 4.69) is 53.7 Å². The minimum absolute atomic E-state index is 0.933. The van der Waals surface area contributed by atoms with Crippen molar-refractivity contribution in [1.82, 2.24) is 0 Å². The van der Waals surface area contributed by atoms with Gasteiger partial charge in [-0.1, -0.05) is 62.2 Å². The smallest absolute Gasteiger partial charge is 0.0565 e. The Kier molecular flexibility index (Phi) is 8.58. The first-order chi connectivity index (χ1) is 7.99. The molecule has 0 atom stereocenters. The van der Waals surface area contributed by atoms with Gasteiger partial charge in [0.2, 0.25) is 0 Å². The normalized spacial score (nSPS) is 12.7. The van der Waals surface area contributed by atoms with Crippen molar-refractivity contribution in [3.63, 3.8) is 0 Å². The van der Waals surface area contributed by atoms with E-state index in [4.69, 9.17) is 0 Å². The number of allylic oxidation sites excluding steroid dienone is 4. The second-order valence-electron chi connectivity index (χ2n) is 5.64. The van der Waals surface area contributed by atoms with Crippen LogP contribution in [0.15, 0.2) is 23.3 Å². The van der Waals surface area contributed by atoms with E-state index in [1.54, 1.807) is 5.57 Å². The molecule has 0 radical (unpaired) electrons. The Morgan fingerprint density at radius 1 is 0.882 bits per heavy atom. The van der Waals surface area contributed by atoms with Gasteiger partial charge in [0.25, 0.3) is 0 Å². The molecule has 0 aromatic heterocycles. The van der Waals surface area contributed by atoms with Crippen LogP contribution in [0.25, 0.3) is 0 Å². The summed E-state index contributed by atoms with van der Waals surface area (Å²) in [6.07, 6.45) is 7.35. The lowest BCUT2D eigenvalue weighted by atomic mass is 10.1. The van der Waals surface area contributed by atoms with Gasteiger partial charge in [-0.3, -0.25) is 0 Å². The number of rotatable bonds is 8. The molecule has 0 nitrogen and oxygen atoms in total. The van der Waals surface area contributed by atoms with Crippen LogP contribution >= 0.6 is 0 Å². The Labute approximate surface area is 110 Å². The predicted molar refractivity (Wildman–Crippen MR) is 84.4 cm³/mol. The predicted octanol–water partition coefficient (Wildman–Crippen LogP) is 6.19. The maximum absolute atomic E-state index is 2.54. The maximum Gasteiger partial charge on any atom is 0.0565 e. The van der Waals surface area contributed by atoms with Crippen LogP contribution in [0.3, 0.4) is 0 Å². The van der Waals surface area contributed by atoms with E-state index >= 15 is 0 Å². The number of hydrogen-bond donors (Lipinski definition) is 0. The van der Waals surface area contributed by atoms with Gasteiger partial charge in [-0.05, 0) is 39.7 Å². The van der Waals surface area contributed by atoms with Crippen molar-refractivity contribution in [1.29, 1.82) is 0 Å². The first-order valence-corrected chi connectivity index (χ1v) is 10.1. The molecule has 0 fully saturated rings. The molecular weight excluding hydrogens is 220 g/mol. The Balaban J connectivity index is 4.25. The van der Waals surface area contributed by atoms with Gasteiger partial charge in [0.15, 0.2) is 0 Å². The zero-order chi connectivity index (χ0) is 13.3. The summed E-state index contributed by atoms with van der Waals surface area (Å²) in [7, 11) is -0.933.